The van der Waals surface area contributed by atoms with Crippen molar-refractivity contribution in [2.45, 2.75) is 26.7 Å². The van der Waals surface area contributed by atoms with Gasteiger partial charge in [0.15, 0.2) is 5.96 Å². The summed E-state index contributed by atoms with van der Waals surface area (Å²) in [6.07, 6.45) is 1.88. The molecule has 2 aromatic rings. The van der Waals surface area contributed by atoms with Crippen molar-refractivity contribution in [1.82, 2.24) is 5.32 Å². The largest absolute Gasteiger partial charge is 0.370 e. The van der Waals surface area contributed by atoms with Crippen LogP contribution in [0.5, 0.6) is 0 Å². The number of hydrogen-bond acceptors (Lipinski definition) is 1. The molecule has 0 amide bonds. The molecular formula is C19H25N3. The minimum Gasteiger partial charge on any atom is -0.370 e. The lowest BCUT2D eigenvalue weighted by atomic mass is 10.0. The number of aryl methyl sites for hydroxylation is 2. The van der Waals surface area contributed by atoms with E-state index in [2.05, 4.69) is 66.6 Å². The fourth-order valence-corrected chi connectivity index (χ4v) is 2.46. The van der Waals surface area contributed by atoms with Crippen molar-refractivity contribution >= 4 is 5.96 Å². The summed E-state index contributed by atoms with van der Waals surface area (Å²) in [5.74, 6) is 0.528. The van der Waals surface area contributed by atoms with Crippen molar-refractivity contribution in [2.75, 3.05) is 13.1 Å². The van der Waals surface area contributed by atoms with Crippen molar-refractivity contribution in [2.24, 2.45) is 10.7 Å². The van der Waals surface area contributed by atoms with E-state index in [9.17, 15) is 0 Å². The number of nitrogens with zero attached hydrogens (tertiary/aromatic N) is 1. The molecule has 0 radical (unpaired) electrons. The van der Waals surface area contributed by atoms with E-state index in [0.717, 1.165) is 19.4 Å². The molecule has 0 bridgehead atoms. The van der Waals surface area contributed by atoms with Gasteiger partial charge < -0.3 is 11.1 Å². The molecule has 0 saturated heterocycles. The number of rotatable bonds is 6. The molecule has 0 heterocycles. The fraction of sp³-hybridized carbons (Fsp3) is 0.316. The van der Waals surface area contributed by atoms with E-state index in [1.54, 1.807) is 0 Å². The van der Waals surface area contributed by atoms with E-state index >= 15 is 0 Å². The molecule has 3 heteroatoms. The topological polar surface area (TPSA) is 50.4 Å². The maximum absolute atomic E-state index is 5.90. The molecule has 0 saturated carbocycles. The van der Waals surface area contributed by atoms with Crippen LogP contribution in [-0.2, 0) is 12.8 Å². The molecule has 2 aromatic carbocycles. The predicted molar refractivity (Wildman–Crippen MR) is 94.3 cm³/mol. The molecule has 0 aliphatic carbocycles. The molecule has 0 fully saturated rings. The molecule has 0 aromatic heterocycles. The Morgan fingerprint density at radius 2 is 1.82 bits per heavy atom. The summed E-state index contributed by atoms with van der Waals surface area (Å²) >= 11 is 0. The second-order valence-electron chi connectivity index (χ2n) is 5.61. The monoisotopic (exact) mass is 295 g/mol. The average molecular weight is 295 g/mol. The van der Waals surface area contributed by atoms with Gasteiger partial charge >= 0.3 is 0 Å². The van der Waals surface area contributed by atoms with Crippen LogP contribution in [0.3, 0.4) is 0 Å². The van der Waals surface area contributed by atoms with Gasteiger partial charge in [0.2, 0.25) is 0 Å². The number of nitrogens with one attached hydrogen (secondary N) is 1. The third-order valence-corrected chi connectivity index (χ3v) is 3.72. The van der Waals surface area contributed by atoms with Gasteiger partial charge in [0.1, 0.15) is 0 Å². The lowest BCUT2D eigenvalue weighted by Crippen LogP contribution is -2.33. The lowest BCUT2D eigenvalue weighted by molar-refractivity contribution is 0.843. The summed E-state index contributed by atoms with van der Waals surface area (Å²) in [7, 11) is 0. The van der Waals surface area contributed by atoms with E-state index in [0.29, 0.717) is 12.5 Å². The zero-order valence-corrected chi connectivity index (χ0v) is 13.5. The first kappa shape index (κ1) is 16.1. The summed E-state index contributed by atoms with van der Waals surface area (Å²) in [5.41, 5.74) is 11.2. The summed E-state index contributed by atoms with van der Waals surface area (Å²) in [5, 5.41) is 3.17. The molecule has 0 atom stereocenters. The first-order chi connectivity index (χ1) is 10.6. The zero-order chi connectivity index (χ0) is 15.8. The smallest absolute Gasteiger partial charge is 0.188 e. The van der Waals surface area contributed by atoms with Crippen molar-refractivity contribution in [3.05, 3.63) is 70.8 Å². The van der Waals surface area contributed by atoms with Gasteiger partial charge in [-0.3, -0.25) is 4.99 Å². The molecule has 3 nitrogen and oxygen atoms in total. The van der Waals surface area contributed by atoms with Crippen LogP contribution >= 0.6 is 0 Å². The summed E-state index contributed by atoms with van der Waals surface area (Å²) in [4.78, 5) is 4.40. The van der Waals surface area contributed by atoms with Crippen LogP contribution in [0.4, 0.5) is 0 Å². The maximum Gasteiger partial charge on any atom is 0.188 e. The number of nitrogens with two attached hydrogens (primary N) is 1. The van der Waals surface area contributed by atoms with E-state index in [-0.39, 0.29) is 0 Å². The third kappa shape index (κ3) is 5.24. The van der Waals surface area contributed by atoms with Crippen molar-refractivity contribution in [1.29, 1.82) is 0 Å². The summed E-state index contributed by atoms with van der Waals surface area (Å²) < 4.78 is 0. The Morgan fingerprint density at radius 1 is 1.05 bits per heavy atom. The third-order valence-electron chi connectivity index (χ3n) is 3.72. The fourth-order valence-electron chi connectivity index (χ4n) is 2.46. The zero-order valence-electron chi connectivity index (χ0n) is 13.5. The first-order valence-corrected chi connectivity index (χ1v) is 7.79. The van der Waals surface area contributed by atoms with E-state index < -0.39 is 0 Å². The quantitative estimate of drug-likeness (QED) is 0.636. The van der Waals surface area contributed by atoms with Crippen LogP contribution in [0.2, 0.25) is 0 Å². The Labute approximate surface area is 133 Å². The predicted octanol–water partition coefficient (Wildman–Crippen LogP) is 2.99. The van der Waals surface area contributed by atoms with Gasteiger partial charge in [-0.15, -0.1) is 0 Å². The Bertz CT molecular complexity index is 618. The van der Waals surface area contributed by atoms with Crippen LogP contribution in [0, 0.1) is 13.8 Å². The van der Waals surface area contributed by atoms with Gasteiger partial charge in [-0.05, 0) is 43.4 Å². The first-order valence-electron chi connectivity index (χ1n) is 7.79. The highest BCUT2D eigenvalue weighted by Crippen LogP contribution is 2.11. The van der Waals surface area contributed by atoms with Crippen molar-refractivity contribution in [3.63, 3.8) is 0 Å². The van der Waals surface area contributed by atoms with Crippen LogP contribution < -0.4 is 11.1 Å². The summed E-state index contributed by atoms with van der Waals surface area (Å²) in [6, 6.07) is 16.9. The highest BCUT2D eigenvalue weighted by atomic mass is 15.1. The molecular weight excluding hydrogens is 270 g/mol. The summed E-state index contributed by atoms with van der Waals surface area (Å²) in [6.45, 7) is 5.79. The molecule has 0 unspecified atom stereocenters. The standard InChI is InChI=1S/C19H25N3/c1-15-8-9-18(16(2)14-15)11-13-22-19(20)21-12-10-17-6-4-3-5-7-17/h3-9,14H,10-13H2,1-2H3,(H3,20,21,22). The highest BCUT2D eigenvalue weighted by molar-refractivity contribution is 5.77. The normalized spacial score (nSPS) is 11.5. The van der Waals surface area contributed by atoms with Gasteiger partial charge in [-0.25, -0.2) is 0 Å². The van der Waals surface area contributed by atoms with Gasteiger partial charge in [0, 0.05) is 13.1 Å². The van der Waals surface area contributed by atoms with Gasteiger partial charge in [-0.2, -0.15) is 0 Å². The van der Waals surface area contributed by atoms with Gasteiger partial charge in [0.25, 0.3) is 0 Å². The van der Waals surface area contributed by atoms with Gasteiger partial charge in [-0.1, -0.05) is 54.1 Å². The van der Waals surface area contributed by atoms with Crippen LogP contribution in [0.15, 0.2) is 53.5 Å². The number of benzene rings is 2. The maximum atomic E-state index is 5.90. The van der Waals surface area contributed by atoms with Gasteiger partial charge in [0.05, 0.1) is 0 Å². The number of aliphatic imine (C=N–C) groups is 1. The van der Waals surface area contributed by atoms with Crippen LogP contribution in [0.25, 0.3) is 0 Å². The molecule has 2 rings (SSSR count). The molecule has 116 valence electrons. The van der Waals surface area contributed by atoms with Crippen molar-refractivity contribution < 1.29 is 0 Å². The second-order valence-corrected chi connectivity index (χ2v) is 5.61. The lowest BCUT2D eigenvalue weighted by Gasteiger charge is -2.07. The molecule has 0 spiro atoms. The van der Waals surface area contributed by atoms with Crippen LogP contribution in [-0.4, -0.2) is 19.0 Å². The van der Waals surface area contributed by atoms with E-state index in [4.69, 9.17) is 5.73 Å². The second kappa shape index (κ2) is 8.23. The van der Waals surface area contributed by atoms with Crippen molar-refractivity contribution in [3.8, 4) is 0 Å². The Kier molecular flexibility index (Phi) is 6.01. The number of guanidine groups is 1. The molecule has 0 aliphatic heterocycles. The number of hydrogen-bond donors (Lipinski definition) is 2. The minimum absolute atomic E-state index is 0.528. The van der Waals surface area contributed by atoms with Crippen LogP contribution in [0.1, 0.15) is 22.3 Å². The highest BCUT2D eigenvalue weighted by Gasteiger charge is 1.99. The van der Waals surface area contributed by atoms with E-state index in [1.807, 2.05) is 6.07 Å². The Hall–Kier alpha value is -2.29. The Balaban J connectivity index is 1.73. The molecule has 22 heavy (non-hydrogen) atoms. The average Bonchev–Trinajstić information content (AvgIpc) is 2.50. The van der Waals surface area contributed by atoms with E-state index in [1.165, 1.54) is 22.3 Å². The SMILES string of the molecule is Cc1ccc(CCN=C(N)NCCc2ccccc2)c(C)c1. The Morgan fingerprint density at radius 3 is 2.55 bits per heavy atom. The minimum atomic E-state index is 0.528. The molecule has 0 aliphatic rings. The molecule has 3 N–H and O–H groups in total.